The van der Waals surface area contributed by atoms with Crippen LogP contribution in [0.15, 0.2) is 95.5 Å². The normalized spacial score (nSPS) is 11.0. The first-order valence-corrected chi connectivity index (χ1v) is 11.2. The van der Waals surface area contributed by atoms with Crippen molar-refractivity contribution >= 4 is 15.9 Å². The maximum atomic E-state index is 3.58. The highest BCUT2D eigenvalue weighted by atomic mass is 79.9. The van der Waals surface area contributed by atoms with E-state index < -0.39 is 0 Å². The fourth-order valence-corrected chi connectivity index (χ4v) is 4.18. The SMILES string of the molecule is CCCCCc1c(-c2ccc(Br)cc2)cc(-c2ccccc2)n1-c1ccccc1. The van der Waals surface area contributed by atoms with Crippen LogP contribution in [0.4, 0.5) is 0 Å². The zero-order valence-electron chi connectivity index (χ0n) is 16.8. The Morgan fingerprint density at radius 1 is 0.724 bits per heavy atom. The number of halogens is 1. The van der Waals surface area contributed by atoms with Gasteiger partial charge in [0.05, 0.1) is 5.69 Å². The van der Waals surface area contributed by atoms with Gasteiger partial charge in [-0.3, -0.25) is 0 Å². The lowest BCUT2D eigenvalue weighted by Crippen LogP contribution is -2.03. The molecule has 0 N–H and O–H groups in total. The first kappa shape index (κ1) is 19.7. The molecule has 1 heterocycles. The summed E-state index contributed by atoms with van der Waals surface area (Å²) in [5, 5.41) is 0. The van der Waals surface area contributed by atoms with Gasteiger partial charge in [0.25, 0.3) is 0 Å². The Bertz CT molecular complexity index is 1050. The van der Waals surface area contributed by atoms with Gasteiger partial charge in [0.1, 0.15) is 0 Å². The summed E-state index contributed by atoms with van der Waals surface area (Å²) in [6.07, 6.45) is 4.75. The number of hydrogen-bond acceptors (Lipinski definition) is 0. The second-order valence-corrected chi connectivity index (χ2v) is 8.31. The quantitative estimate of drug-likeness (QED) is 0.253. The Labute approximate surface area is 182 Å². The molecular formula is C27H26BrN. The Morgan fingerprint density at radius 3 is 2.03 bits per heavy atom. The summed E-state index contributed by atoms with van der Waals surface area (Å²) in [6.45, 7) is 2.27. The lowest BCUT2D eigenvalue weighted by atomic mass is 10.0. The van der Waals surface area contributed by atoms with Crippen LogP contribution in [0.3, 0.4) is 0 Å². The van der Waals surface area contributed by atoms with E-state index in [1.165, 1.54) is 53.0 Å². The molecule has 0 amide bonds. The maximum Gasteiger partial charge on any atom is 0.0537 e. The number of aromatic nitrogens is 1. The number of benzene rings is 3. The molecule has 0 spiro atoms. The predicted molar refractivity (Wildman–Crippen MR) is 128 cm³/mol. The monoisotopic (exact) mass is 443 g/mol. The zero-order valence-corrected chi connectivity index (χ0v) is 18.4. The molecule has 4 aromatic rings. The molecule has 1 aromatic heterocycles. The minimum absolute atomic E-state index is 1.07. The molecule has 0 bridgehead atoms. The summed E-state index contributed by atoms with van der Waals surface area (Å²) >= 11 is 3.58. The number of hydrogen-bond donors (Lipinski definition) is 0. The highest BCUT2D eigenvalue weighted by Crippen LogP contribution is 2.36. The molecule has 29 heavy (non-hydrogen) atoms. The molecular weight excluding hydrogens is 418 g/mol. The van der Waals surface area contributed by atoms with Gasteiger partial charge in [0.2, 0.25) is 0 Å². The predicted octanol–water partition coefficient (Wildman–Crippen LogP) is 8.31. The van der Waals surface area contributed by atoms with Gasteiger partial charge in [-0.2, -0.15) is 0 Å². The number of para-hydroxylation sites is 1. The van der Waals surface area contributed by atoms with Crippen molar-refractivity contribution in [3.8, 4) is 28.1 Å². The molecule has 0 aliphatic carbocycles. The summed E-state index contributed by atoms with van der Waals surface area (Å²) in [6, 6.07) is 32.5. The van der Waals surface area contributed by atoms with Crippen LogP contribution in [0.5, 0.6) is 0 Å². The van der Waals surface area contributed by atoms with Crippen molar-refractivity contribution in [2.75, 3.05) is 0 Å². The standard InChI is InChI=1S/C27H26BrN/c1-2-3-6-15-26-25(21-16-18-23(28)19-17-21)20-27(22-11-7-4-8-12-22)29(26)24-13-9-5-10-14-24/h4-5,7-14,16-20H,2-3,6,15H2,1H3. The lowest BCUT2D eigenvalue weighted by molar-refractivity contribution is 0.700. The van der Waals surface area contributed by atoms with Crippen LogP contribution in [0.1, 0.15) is 31.9 Å². The number of unbranched alkanes of at least 4 members (excludes halogenated alkanes) is 2. The van der Waals surface area contributed by atoms with E-state index in [0.717, 1.165) is 10.9 Å². The Morgan fingerprint density at radius 2 is 1.38 bits per heavy atom. The van der Waals surface area contributed by atoms with E-state index in [9.17, 15) is 0 Å². The minimum atomic E-state index is 1.07. The van der Waals surface area contributed by atoms with E-state index >= 15 is 0 Å². The third-order valence-electron chi connectivity index (χ3n) is 5.36. The van der Waals surface area contributed by atoms with E-state index in [4.69, 9.17) is 0 Å². The van der Waals surface area contributed by atoms with Crippen LogP contribution in [-0.2, 0) is 6.42 Å². The van der Waals surface area contributed by atoms with Crippen LogP contribution < -0.4 is 0 Å². The fraction of sp³-hybridized carbons (Fsp3) is 0.185. The van der Waals surface area contributed by atoms with E-state index in [-0.39, 0.29) is 0 Å². The van der Waals surface area contributed by atoms with Crippen molar-refractivity contribution in [3.63, 3.8) is 0 Å². The topological polar surface area (TPSA) is 4.93 Å². The van der Waals surface area contributed by atoms with Gasteiger partial charge in [0.15, 0.2) is 0 Å². The molecule has 146 valence electrons. The average molecular weight is 444 g/mol. The smallest absolute Gasteiger partial charge is 0.0537 e. The highest BCUT2D eigenvalue weighted by Gasteiger charge is 2.18. The van der Waals surface area contributed by atoms with Gasteiger partial charge in [0, 0.05) is 21.4 Å². The Balaban J connectivity index is 1.95. The molecule has 0 aliphatic heterocycles. The van der Waals surface area contributed by atoms with Gasteiger partial charge in [-0.1, -0.05) is 96.4 Å². The fourth-order valence-electron chi connectivity index (χ4n) is 3.91. The first-order chi connectivity index (χ1) is 14.3. The first-order valence-electron chi connectivity index (χ1n) is 10.4. The average Bonchev–Trinajstić information content (AvgIpc) is 3.15. The summed E-state index contributed by atoms with van der Waals surface area (Å²) < 4.78 is 3.57. The van der Waals surface area contributed by atoms with Crippen LogP contribution in [-0.4, -0.2) is 4.57 Å². The molecule has 2 heteroatoms. The van der Waals surface area contributed by atoms with Crippen molar-refractivity contribution in [2.24, 2.45) is 0 Å². The van der Waals surface area contributed by atoms with Crippen molar-refractivity contribution in [3.05, 3.63) is 101 Å². The van der Waals surface area contributed by atoms with E-state index in [2.05, 4.69) is 118 Å². The molecule has 3 aromatic carbocycles. The molecule has 0 fully saturated rings. The highest BCUT2D eigenvalue weighted by molar-refractivity contribution is 9.10. The second-order valence-electron chi connectivity index (χ2n) is 7.39. The summed E-state index contributed by atoms with van der Waals surface area (Å²) in [5.41, 5.74) is 7.72. The molecule has 0 saturated heterocycles. The van der Waals surface area contributed by atoms with Crippen molar-refractivity contribution in [2.45, 2.75) is 32.6 Å². The van der Waals surface area contributed by atoms with Gasteiger partial charge >= 0.3 is 0 Å². The van der Waals surface area contributed by atoms with E-state index in [1.54, 1.807) is 0 Å². The summed E-state index contributed by atoms with van der Waals surface area (Å²) in [7, 11) is 0. The maximum absolute atomic E-state index is 3.58. The number of nitrogens with zero attached hydrogens (tertiary/aromatic N) is 1. The van der Waals surface area contributed by atoms with Gasteiger partial charge in [-0.25, -0.2) is 0 Å². The molecule has 0 saturated carbocycles. The van der Waals surface area contributed by atoms with Crippen LogP contribution >= 0.6 is 15.9 Å². The Hall–Kier alpha value is -2.58. The molecule has 0 radical (unpaired) electrons. The van der Waals surface area contributed by atoms with E-state index in [1.807, 2.05) is 0 Å². The molecule has 1 nitrogen and oxygen atoms in total. The van der Waals surface area contributed by atoms with Gasteiger partial charge in [-0.15, -0.1) is 0 Å². The van der Waals surface area contributed by atoms with Gasteiger partial charge < -0.3 is 4.57 Å². The van der Waals surface area contributed by atoms with Crippen LogP contribution in [0.25, 0.3) is 28.1 Å². The number of rotatable bonds is 7. The zero-order chi connectivity index (χ0) is 20.1. The van der Waals surface area contributed by atoms with Gasteiger partial charge in [-0.05, 0) is 54.3 Å². The largest absolute Gasteiger partial charge is 0.313 e. The minimum Gasteiger partial charge on any atom is -0.313 e. The lowest BCUT2D eigenvalue weighted by Gasteiger charge is -2.15. The van der Waals surface area contributed by atoms with Crippen LogP contribution in [0, 0.1) is 0 Å². The van der Waals surface area contributed by atoms with E-state index in [0.29, 0.717) is 0 Å². The van der Waals surface area contributed by atoms with Crippen molar-refractivity contribution in [1.29, 1.82) is 0 Å². The molecule has 0 aliphatic rings. The summed E-state index contributed by atoms with van der Waals surface area (Å²) in [5.74, 6) is 0. The third-order valence-corrected chi connectivity index (χ3v) is 5.89. The third kappa shape index (κ3) is 4.38. The van der Waals surface area contributed by atoms with Crippen molar-refractivity contribution in [1.82, 2.24) is 4.57 Å². The molecule has 0 unspecified atom stereocenters. The van der Waals surface area contributed by atoms with Crippen molar-refractivity contribution < 1.29 is 0 Å². The molecule has 0 atom stereocenters. The summed E-state index contributed by atoms with van der Waals surface area (Å²) in [4.78, 5) is 0. The molecule has 4 rings (SSSR count). The Kier molecular flexibility index (Phi) is 6.31. The van der Waals surface area contributed by atoms with Crippen LogP contribution in [0.2, 0.25) is 0 Å². The second kappa shape index (κ2) is 9.28.